The number of allylic oxidation sites excluding steroid dienone is 1. The highest BCUT2D eigenvalue weighted by Gasteiger charge is 2.39. The number of H-pyrrole nitrogens is 1. The summed E-state index contributed by atoms with van der Waals surface area (Å²) >= 11 is 3.49. The van der Waals surface area contributed by atoms with Crippen molar-refractivity contribution >= 4 is 67.0 Å². The number of aliphatic imine (C=N–C) groups is 1. The van der Waals surface area contributed by atoms with Crippen LogP contribution in [0.1, 0.15) is 88.8 Å². The maximum atomic E-state index is 13.9. The number of nitrogens with one attached hydrogen (secondary N) is 3. The van der Waals surface area contributed by atoms with E-state index in [0.29, 0.717) is 19.5 Å². The molecule has 0 bridgehead atoms. The van der Waals surface area contributed by atoms with Crippen LogP contribution in [0.25, 0.3) is 37.4 Å². The van der Waals surface area contributed by atoms with E-state index >= 15 is 0 Å². The SMILES string of the molecule is CC(=O)N[C@H](C(=O)N1CCCC1C1=NC=C(c2csc3c(-c4ccc(-c5cnc(C6CCCN6C(=O)[C@H](NC(C)=O)c6ccccc6)[nH]5)cc4)csc23)C1)C(C)C. The van der Waals surface area contributed by atoms with Gasteiger partial charge in [-0.2, -0.15) is 0 Å². The van der Waals surface area contributed by atoms with Crippen molar-refractivity contribution in [1.29, 1.82) is 0 Å². The number of imidazole rings is 1. The molecule has 4 amide bonds. The number of rotatable bonds is 11. The van der Waals surface area contributed by atoms with Crippen LogP contribution in [0.5, 0.6) is 0 Å². The second-order valence-corrected chi connectivity index (χ2v) is 17.3. The minimum Gasteiger partial charge on any atom is -0.344 e. The molecule has 5 aromatic rings. The Morgan fingerprint density at radius 1 is 0.789 bits per heavy atom. The predicted molar refractivity (Wildman–Crippen MR) is 227 cm³/mol. The molecule has 3 N–H and O–H groups in total. The zero-order valence-electron chi connectivity index (χ0n) is 32.6. The van der Waals surface area contributed by atoms with E-state index in [0.717, 1.165) is 59.6 Å². The fourth-order valence-electron chi connectivity index (χ4n) is 8.45. The quantitative estimate of drug-likeness (QED) is 0.125. The maximum absolute atomic E-state index is 13.9. The normalized spacial score (nSPS) is 19.2. The first-order chi connectivity index (χ1) is 27.6. The van der Waals surface area contributed by atoms with Gasteiger partial charge in [-0.05, 0) is 53.9 Å². The van der Waals surface area contributed by atoms with Crippen LogP contribution in [0, 0.1) is 5.92 Å². The minimum atomic E-state index is -0.754. The van der Waals surface area contributed by atoms with Gasteiger partial charge in [0, 0.05) is 67.2 Å². The smallest absolute Gasteiger partial charge is 0.250 e. The lowest BCUT2D eigenvalue weighted by molar-refractivity contribution is -0.137. The first-order valence-corrected chi connectivity index (χ1v) is 21.4. The zero-order chi connectivity index (χ0) is 39.8. The van der Waals surface area contributed by atoms with Crippen LogP contribution in [0.2, 0.25) is 0 Å². The van der Waals surface area contributed by atoms with Crippen molar-refractivity contribution in [3.63, 3.8) is 0 Å². The van der Waals surface area contributed by atoms with Gasteiger partial charge in [-0.1, -0.05) is 68.4 Å². The molecule has 11 nitrogen and oxygen atoms in total. The van der Waals surface area contributed by atoms with Gasteiger partial charge < -0.3 is 25.4 Å². The number of carbonyl (C=O) groups excluding carboxylic acids is 4. The summed E-state index contributed by atoms with van der Waals surface area (Å²) in [4.78, 5) is 68.3. The van der Waals surface area contributed by atoms with Crippen molar-refractivity contribution in [1.82, 2.24) is 30.4 Å². The van der Waals surface area contributed by atoms with Crippen molar-refractivity contribution in [2.75, 3.05) is 13.1 Å². The molecular formula is C44H47N7O4S2. The number of benzene rings is 2. The summed E-state index contributed by atoms with van der Waals surface area (Å²) in [6, 6.07) is 16.3. The van der Waals surface area contributed by atoms with E-state index in [9.17, 15) is 19.2 Å². The van der Waals surface area contributed by atoms with Crippen molar-refractivity contribution in [3.8, 4) is 22.4 Å². The molecule has 0 saturated carbocycles. The highest BCUT2D eigenvalue weighted by Crippen LogP contribution is 2.44. The van der Waals surface area contributed by atoms with Gasteiger partial charge in [-0.15, -0.1) is 22.7 Å². The monoisotopic (exact) mass is 801 g/mol. The number of thiophene rings is 2. The fraction of sp³-hybridized carbons (Fsp3) is 0.364. The largest absolute Gasteiger partial charge is 0.344 e. The highest BCUT2D eigenvalue weighted by molar-refractivity contribution is 7.27. The van der Waals surface area contributed by atoms with E-state index in [4.69, 9.17) is 9.98 Å². The van der Waals surface area contributed by atoms with Gasteiger partial charge in [0.1, 0.15) is 17.9 Å². The Labute approximate surface area is 340 Å². The number of aromatic nitrogens is 2. The molecule has 8 rings (SSSR count). The molecule has 294 valence electrons. The van der Waals surface area contributed by atoms with Gasteiger partial charge in [0.2, 0.25) is 23.6 Å². The van der Waals surface area contributed by atoms with Gasteiger partial charge in [0.25, 0.3) is 0 Å². The van der Waals surface area contributed by atoms with Gasteiger partial charge in [0.05, 0.1) is 33.4 Å². The zero-order valence-corrected chi connectivity index (χ0v) is 34.2. The molecular weight excluding hydrogens is 755 g/mol. The van der Waals surface area contributed by atoms with E-state index in [-0.39, 0.29) is 41.6 Å². The average Bonchev–Trinajstić information content (AvgIpc) is 4.05. The van der Waals surface area contributed by atoms with Gasteiger partial charge in [-0.25, -0.2) is 4.98 Å². The topological polar surface area (TPSA) is 140 Å². The molecule has 3 aromatic heterocycles. The molecule has 6 heterocycles. The molecule has 13 heteroatoms. The first kappa shape index (κ1) is 38.5. The van der Waals surface area contributed by atoms with Gasteiger partial charge in [0.15, 0.2) is 0 Å². The van der Waals surface area contributed by atoms with Crippen LogP contribution in [0.15, 0.2) is 82.7 Å². The standard InChI is InChI=1S/C44H47N7O4S2/c1-25(2)38(47-26(3)52)43(54)50-18-8-12-36(50)34-20-31(21-45-34)33-24-57-40-32(23-56-41(33)40)28-14-16-29(17-15-28)35-22-46-42(49-35)37-13-9-19-51(37)44(55)39(48-27(4)53)30-10-6-5-7-11-30/h5-7,10-11,14-17,21-25,36-39H,8-9,12-13,18-20H2,1-4H3,(H,46,49)(H,47,52)(H,48,53)/t36?,37?,38-,39+/m0/s1. The molecule has 4 atom stereocenters. The van der Waals surface area contributed by atoms with Crippen LogP contribution in [-0.2, 0) is 19.2 Å². The average molecular weight is 802 g/mol. The molecule has 0 radical (unpaired) electrons. The summed E-state index contributed by atoms with van der Waals surface area (Å²) in [7, 11) is 0. The number of nitrogens with zero attached hydrogens (tertiary/aromatic N) is 4. The van der Waals surface area contributed by atoms with Crippen molar-refractivity contribution in [2.24, 2.45) is 10.9 Å². The molecule has 2 fully saturated rings. The fourth-order valence-corrected chi connectivity index (χ4v) is 10.9. The summed E-state index contributed by atoms with van der Waals surface area (Å²) in [5, 5.41) is 10.2. The van der Waals surface area contributed by atoms with Crippen molar-refractivity contribution < 1.29 is 19.2 Å². The highest BCUT2D eigenvalue weighted by atomic mass is 32.1. The summed E-state index contributed by atoms with van der Waals surface area (Å²) < 4.78 is 2.49. The van der Waals surface area contributed by atoms with Crippen LogP contribution < -0.4 is 10.6 Å². The lowest BCUT2D eigenvalue weighted by Gasteiger charge is -2.31. The molecule has 2 unspecified atom stereocenters. The second kappa shape index (κ2) is 16.2. The Balaban J connectivity index is 0.943. The first-order valence-electron chi connectivity index (χ1n) is 19.7. The van der Waals surface area contributed by atoms with Gasteiger partial charge >= 0.3 is 0 Å². The summed E-state index contributed by atoms with van der Waals surface area (Å²) in [6.45, 7) is 8.10. The number of fused-ring (bicyclic) bond motifs is 1. The molecule has 0 spiro atoms. The third-order valence-corrected chi connectivity index (χ3v) is 13.4. The minimum absolute atomic E-state index is 0.00683. The summed E-state index contributed by atoms with van der Waals surface area (Å²) in [6.07, 6.45) is 7.96. The number of carbonyl (C=O) groups is 4. The third-order valence-electron chi connectivity index (χ3n) is 11.3. The molecule has 2 aromatic carbocycles. The molecule has 0 aliphatic carbocycles. The molecule has 2 saturated heterocycles. The van der Waals surface area contributed by atoms with E-state index in [2.05, 4.69) is 50.6 Å². The molecule has 57 heavy (non-hydrogen) atoms. The van der Waals surface area contributed by atoms with E-state index in [1.54, 1.807) is 22.7 Å². The van der Waals surface area contributed by atoms with E-state index in [1.165, 1.54) is 39.9 Å². The summed E-state index contributed by atoms with van der Waals surface area (Å²) in [5.74, 6) is 0.128. The number of hydrogen-bond donors (Lipinski definition) is 3. The van der Waals surface area contributed by atoms with Crippen LogP contribution >= 0.6 is 22.7 Å². The van der Waals surface area contributed by atoms with Crippen LogP contribution in [0.3, 0.4) is 0 Å². The van der Waals surface area contributed by atoms with Crippen molar-refractivity contribution in [2.45, 2.75) is 84.0 Å². The van der Waals surface area contributed by atoms with Crippen molar-refractivity contribution in [3.05, 3.63) is 94.7 Å². The Kier molecular flexibility index (Phi) is 10.9. The van der Waals surface area contributed by atoms with Crippen LogP contribution in [0.4, 0.5) is 0 Å². The maximum Gasteiger partial charge on any atom is 0.250 e. The molecule has 3 aliphatic rings. The lowest BCUT2D eigenvalue weighted by Crippen LogP contribution is -2.53. The summed E-state index contributed by atoms with van der Waals surface area (Å²) in [5.41, 5.74) is 8.36. The lowest BCUT2D eigenvalue weighted by atomic mass is 9.98. The molecule has 3 aliphatic heterocycles. The second-order valence-electron chi connectivity index (χ2n) is 15.5. The Morgan fingerprint density at radius 3 is 2.11 bits per heavy atom. The van der Waals surface area contributed by atoms with Gasteiger partial charge in [-0.3, -0.25) is 24.2 Å². The Morgan fingerprint density at radius 2 is 1.42 bits per heavy atom. The number of amides is 4. The number of likely N-dealkylation sites (tertiary alicyclic amines) is 2. The number of hydrogen-bond acceptors (Lipinski definition) is 8. The number of aromatic amines is 1. The van der Waals surface area contributed by atoms with E-state index in [1.807, 2.05) is 66.4 Å². The Bertz CT molecular complexity index is 2370. The van der Waals surface area contributed by atoms with Crippen LogP contribution in [-0.4, -0.2) is 74.3 Å². The predicted octanol–water partition coefficient (Wildman–Crippen LogP) is 7.90. The third kappa shape index (κ3) is 7.70. The van der Waals surface area contributed by atoms with E-state index < -0.39 is 12.1 Å². The Hall–Kier alpha value is -5.40.